The lowest BCUT2D eigenvalue weighted by molar-refractivity contribution is -0.139. The lowest BCUT2D eigenvalue weighted by atomic mass is 10.0. The fourth-order valence-electron chi connectivity index (χ4n) is 3.20. The number of aromatic hydroxyl groups is 1. The van der Waals surface area contributed by atoms with E-state index in [1.54, 1.807) is 38.1 Å². The van der Waals surface area contributed by atoms with E-state index < -0.39 is 25.7 Å². The van der Waals surface area contributed by atoms with Crippen LogP contribution < -0.4 is 10.1 Å². The van der Waals surface area contributed by atoms with Crippen LogP contribution in [-0.4, -0.2) is 48.6 Å². The Morgan fingerprint density at radius 2 is 1.71 bits per heavy atom. The molecule has 1 atom stereocenters. The van der Waals surface area contributed by atoms with Crippen molar-refractivity contribution in [2.24, 2.45) is 0 Å². The third kappa shape index (κ3) is 8.06. The summed E-state index contributed by atoms with van der Waals surface area (Å²) in [5.74, 6) is -1.56. The minimum atomic E-state index is -3.46. The minimum absolute atomic E-state index is 0.0300. The molecule has 2 rings (SSSR count). The van der Waals surface area contributed by atoms with E-state index in [9.17, 15) is 24.4 Å². The molecule has 2 aromatic carbocycles. The molecule has 0 saturated carbocycles. The summed E-state index contributed by atoms with van der Waals surface area (Å²) >= 11 is 0. The first-order valence-electron chi connectivity index (χ1n) is 10.7. The second-order valence-electron chi connectivity index (χ2n) is 7.21. The van der Waals surface area contributed by atoms with Crippen LogP contribution in [0.3, 0.4) is 0 Å². The Bertz CT molecular complexity index is 1000. The van der Waals surface area contributed by atoms with Gasteiger partial charge in [0.25, 0.3) is 0 Å². The van der Waals surface area contributed by atoms with Gasteiger partial charge in [0.15, 0.2) is 11.5 Å². The van der Waals surface area contributed by atoms with Crippen LogP contribution in [0.5, 0.6) is 11.5 Å². The number of benzene rings is 2. The number of ether oxygens (including phenoxy) is 2. The quantitative estimate of drug-likeness (QED) is 0.350. The second kappa shape index (κ2) is 13.0. The van der Waals surface area contributed by atoms with Crippen molar-refractivity contribution in [3.8, 4) is 11.5 Å². The largest absolute Gasteiger partial charge is 0.504 e. The van der Waals surface area contributed by atoms with Gasteiger partial charge >= 0.3 is 19.7 Å². The standard InChI is InChI=1S/C23H30NO9P/c1-4-32-34(29,33-5-2)15-17-11-18(21(25)20(12-17)30-3)13-19(22(26)27)24-23(28)31-14-16-9-7-6-8-10-16/h6-12,19,25H,4-5,13-15H2,1-3H3,(H,24,28)(H,26,27)/t19-/m0/s1. The van der Waals surface area contributed by atoms with E-state index in [-0.39, 0.29) is 49.5 Å². The summed E-state index contributed by atoms with van der Waals surface area (Å²) < 4.78 is 33.8. The van der Waals surface area contributed by atoms with Gasteiger partial charge in [0, 0.05) is 12.0 Å². The molecule has 0 spiro atoms. The monoisotopic (exact) mass is 495 g/mol. The number of aliphatic carboxylic acids is 1. The lowest BCUT2D eigenvalue weighted by Gasteiger charge is -2.20. The summed E-state index contributed by atoms with van der Waals surface area (Å²) in [7, 11) is -2.13. The molecule has 0 aliphatic heterocycles. The van der Waals surface area contributed by atoms with Crippen molar-refractivity contribution in [3.63, 3.8) is 0 Å². The van der Waals surface area contributed by atoms with Gasteiger partial charge < -0.3 is 34.1 Å². The fourth-order valence-corrected chi connectivity index (χ4v) is 4.88. The highest BCUT2D eigenvalue weighted by molar-refractivity contribution is 7.53. The molecule has 0 aliphatic rings. The Morgan fingerprint density at radius 1 is 1.06 bits per heavy atom. The summed E-state index contributed by atoms with van der Waals surface area (Å²) in [5.41, 5.74) is 1.36. The Labute approximate surface area is 198 Å². The molecule has 0 aliphatic carbocycles. The molecule has 0 radical (unpaired) electrons. The second-order valence-corrected chi connectivity index (χ2v) is 9.27. The number of hydrogen-bond acceptors (Lipinski definition) is 8. The molecule has 11 heteroatoms. The summed E-state index contributed by atoms with van der Waals surface area (Å²) in [6.45, 7) is 3.70. The zero-order chi connectivity index (χ0) is 25.1. The third-order valence-corrected chi connectivity index (χ3v) is 6.74. The summed E-state index contributed by atoms with van der Waals surface area (Å²) in [6, 6.07) is 10.5. The number of carboxylic acid groups (broad SMARTS) is 1. The van der Waals surface area contributed by atoms with Crippen LogP contribution in [-0.2, 0) is 42.3 Å². The predicted molar refractivity (Wildman–Crippen MR) is 124 cm³/mol. The van der Waals surface area contributed by atoms with Gasteiger partial charge in [-0.15, -0.1) is 0 Å². The Kier molecular flexibility index (Phi) is 10.4. The van der Waals surface area contributed by atoms with Gasteiger partial charge in [-0.05, 0) is 31.0 Å². The fraction of sp³-hybridized carbons (Fsp3) is 0.391. The van der Waals surface area contributed by atoms with Gasteiger partial charge in [-0.1, -0.05) is 36.4 Å². The maximum atomic E-state index is 12.9. The molecule has 0 saturated heterocycles. The number of carbonyl (C=O) groups is 2. The Balaban J connectivity index is 2.20. The predicted octanol–water partition coefficient (Wildman–Crippen LogP) is 4.09. The normalized spacial score (nSPS) is 12.1. The highest BCUT2D eigenvalue weighted by Crippen LogP contribution is 2.52. The molecule has 0 heterocycles. The molecular formula is C23H30NO9P. The van der Waals surface area contributed by atoms with E-state index in [1.807, 2.05) is 6.07 Å². The van der Waals surface area contributed by atoms with Crippen LogP contribution in [0.1, 0.15) is 30.5 Å². The molecule has 0 fully saturated rings. The van der Waals surface area contributed by atoms with Gasteiger partial charge in [0.05, 0.1) is 26.5 Å². The van der Waals surface area contributed by atoms with Crippen LogP contribution in [0.25, 0.3) is 0 Å². The summed E-state index contributed by atoms with van der Waals surface area (Å²) in [4.78, 5) is 24.0. The first kappa shape index (κ1) is 27.2. The molecule has 10 nitrogen and oxygen atoms in total. The van der Waals surface area contributed by atoms with Crippen molar-refractivity contribution in [2.75, 3.05) is 20.3 Å². The highest BCUT2D eigenvalue weighted by Gasteiger charge is 2.28. The van der Waals surface area contributed by atoms with Crippen molar-refractivity contribution < 1.29 is 42.9 Å². The topological polar surface area (TPSA) is 141 Å². The number of phenols is 1. The zero-order valence-electron chi connectivity index (χ0n) is 19.4. The van der Waals surface area contributed by atoms with E-state index in [2.05, 4.69) is 5.32 Å². The van der Waals surface area contributed by atoms with E-state index in [0.29, 0.717) is 5.56 Å². The summed E-state index contributed by atoms with van der Waals surface area (Å²) in [5, 5.41) is 22.4. The molecule has 34 heavy (non-hydrogen) atoms. The van der Waals surface area contributed by atoms with E-state index in [4.69, 9.17) is 18.5 Å². The number of carbonyl (C=O) groups excluding carboxylic acids is 1. The van der Waals surface area contributed by atoms with E-state index in [0.717, 1.165) is 5.56 Å². The summed E-state index contributed by atoms with van der Waals surface area (Å²) in [6.07, 6.45) is -1.31. The number of methoxy groups -OCH3 is 1. The Morgan fingerprint density at radius 3 is 2.26 bits per heavy atom. The van der Waals surface area contributed by atoms with Gasteiger partial charge in [0.1, 0.15) is 12.6 Å². The van der Waals surface area contributed by atoms with Gasteiger partial charge in [0.2, 0.25) is 0 Å². The zero-order valence-corrected chi connectivity index (χ0v) is 20.2. The number of phenolic OH excluding ortho intramolecular Hbond substituents is 1. The maximum Gasteiger partial charge on any atom is 0.408 e. The molecule has 0 bridgehead atoms. The van der Waals surface area contributed by atoms with Crippen molar-refractivity contribution in [1.82, 2.24) is 5.32 Å². The third-order valence-electron chi connectivity index (χ3n) is 4.69. The number of amides is 1. The Hall–Kier alpha value is -3.07. The van der Waals surface area contributed by atoms with Crippen LogP contribution in [0.4, 0.5) is 4.79 Å². The maximum absolute atomic E-state index is 12.9. The number of alkyl carbamates (subject to hydrolysis) is 1. The van der Waals surface area contributed by atoms with Gasteiger partial charge in [-0.25, -0.2) is 9.59 Å². The molecule has 0 aromatic heterocycles. The highest BCUT2D eigenvalue weighted by atomic mass is 31.2. The minimum Gasteiger partial charge on any atom is -0.504 e. The van der Waals surface area contributed by atoms with E-state index >= 15 is 0 Å². The van der Waals surface area contributed by atoms with Gasteiger partial charge in [-0.3, -0.25) is 4.57 Å². The van der Waals surface area contributed by atoms with Crippen molar-refractivity contribution >= 4 is 19.7 Å². The number of nitrogens with one attached hydrogen (secondary N) is 1. The van der Waals surface area contributed by atoms with Crippen LogP contribution in [0.2, 0.25) is 0 Å². The van der Waals surface area contributed by atoms with Crippen LogP contribution in [0, 0.1) is 0 Å². The van der Waals surface area contributed by atoms with Crippen molar-refractivity contribution in [2.45, 2.75) is 39.1 Å². The lowest BCUT2D eigenvalue weighted by Crippen LogP contribution is -2.42. The van der Waals surface area contributed by atoms with Crippen molar-refractivity contribution in [3.05, 3.63) is 59.2 Å². The molecule has 2 aromatic rings. The first-order valence-corrected chi connectivity index (χ1v) is 12.4. The molecular weight excluding hydrogens is 465 g/mol. The van der Waals surface area contributed by atoms with Crippen molar-refractivity contribution in [1.29, 1.82) is 0 Å². The van der Waals surface area contributed by atoms with Crippen LogP contribution >= 0.6 is 7.60 Å². The average molecular weight is 495 g/mol. The number of hydrogen-bond donors (Lipinski definition) is 3. The number of rotatable bonds is 13. The van der Waals surface area contributed by atoms with Crippen LogP contribution in [0.15, 0.2) is 42.5 Å². The average Bonchev–Trinajstić information content (AvgIpc) is 2.80. The molecule has 186 valence electrons. The first-order chi connectivity index (χ1) is 16.2. The molecule has 0 unspecified atom stereocenters. The number of carboxylic acids is 1. The smallest absolute Gasteiger partial charge is 0.408 e. The molecule has 3 N–H and O–H groups in total. The SMILES string of the molecule is CCOP(=O)(Cc1cc(C[C@H](NC(=O)OCc2ccccc2)C(=O)O)c(O)c(OC)c1)OCC. The van der Waals surface area contributed by atoms with E-state index in [1.165, 1.54) is 19.2 Å². The molecule has 1 amide bonds. The van der Waals surface area contributed by atoms with Gasteiger partial charge in [-0.2, -0.15) is 0 Å².